The highest BCUT2D eigenvalue weighted by molar-refractivity contribution is 7.92. The molecule has 178 valence electrons. The van der Waals surface area contributed by atoms with Crippen LogP contribution in [0.3, 0.4) is 0 Å². The minimum Gasteiger partial charge on any atom is -0.495 e. The molecule has 0 unspecified atom stereocenters. The third kappa shape index (κ3) is 5.17. The second-order valence-corrected chi connectivity index (χ2v) is 10.2. The predicted octanol–water partition coefficient (Wildman–Crippen LogP) is 4.44. The Kier molecular flexibility index (Phi) is 7.07. The minimum absolute atomic E-state index is 0.0984. The van der Waals surface area contributed by atoms with E-state index in [-0.39, 0.29) is 4.90 Å². The van der Waals surface area contributed by atoms with Gasteiger partial charge in [0.1, 0.15) is 12.3 Å². The highest BCUT2D eigenvalue weighted by Gasteiger charge is 2.29. The van der Waals surface area contributed by atoms with Crippen molar-refractivity contribution in [2.75, 3.05) is 41.3 Å². The number of nitrogens with zero attached hydrogens (tertiary/aromatic N) is 2. The molecule has 1 aliphatic rings. The van der Waals surface area contributed by atoms with Gasteiger partial charge in [-0.25, -0.2) is 8.42 Å². The fourth-order valence-electron chi connectivity index (χ4n) is 4.08. The number of sulfonamides is 1. The summed E-state index contributed by atoms with van der Waals surface area (Å²) in [6.45, 7) is 3.54. The Balaban J connectivity index is 1.61. The second-order valence-electron chi connectivity index (χ2n) is 8.29. The van der Waals surface area contributed by atoms with Crippen LogP contribution in [-0.4, -0.2) is 41.1 Å². The van der Waals surface area contributed by atoms with Gasteiger partial charge in [0.25, 0.3) is 10.0 Å². The van der Waals surface area contributed by atoms with Gasteiger partial charge in [-0.1, -0.05) is 24.3 Å². The van der Waals surface area contributed by atoms with Crippen LogP contribution >= 0.6 is 0 Å². The summed E-state index contributed by atoms with van der Waals surface area (Å²) in [5, 5.41) is 2.83. The Morgan fingerprint density at radius 2 is 1.68 bits per heavy atom. The van der Waals surface area contributed by atoms with Crippen LogP contribution in [0.2, 0.25) is 0 Å². The van der Waals surface area contributed by atoms with Crippen molar-refractivity contribution in [1.82, 2.24) is 0 Å². The van der Waals surface area contributed by atoms with Crippen LogP contribution in [0.5, 0.6) is 5.75 Å². The number of carbonyl (C=O) groups excluding carboxylic acids is 1. The highest BCUT2D eigenvalue weighted by atomic mass is 32.2. The third-order valence-corrected chi connectivity index (χ3v) is 7.62. The van der Waals surface area contributed by atoms with Crippen LogP contribution in [0.1, 0.15) is 18.4 Å². The van der Waals surface area contributed by atoms with E-state index in [9.17, 15) is 13.2 Å². The zero-order valence-corrected chi connectivity index (χ0v) is 20.2. The van der Waals surface area contributed by atoms with Crippen molar-refractivity contribution in [3.8, 4) is 5.75 Å². The first kappa shape index (κ1) is 23.6. The standard InChI is InChI=1S/C26H29N3O4S/c1-20-10-15-25(33-2)24(18-20)29(34(31,32)23-8-4-3-5-9-23)19-26(30)27-21-11-13-22(14-12-21)28-16-6-7-17-28/h3-5,8-15,18H,6-7,16-17,19H2,1-2H3,(H,27,30). The van der Waals surface area contributed by atoms with Gasteiger partial charge in [-0.15, -0.1) is 0 Å². The van der Waals surface area contributed by atoms with E-state index in [0.29, 0.717) is 17.1 Å². The van der Waals surface area contributed by atoms with Gasteiger partial charge in [-0.2, -0.15) is 0 Å². The number of hydrogen-bond acceptors (Lipinski definition) is 5. The lowest BCUT2D eigenvalue weighted by Gasteiger charge is -2.26. The molecule has 0 aliphatic carbocycles. The molecule has 7 nitrogen and oxygen atoms in total. The van der Waals surface area contributed by atoms with Crippen molar-refractivity contribution >= 4 is 33.0 Å². The molecule has 1 heterocycles. The lowest BCUT2D eigenvalue weighted by molar-refractivity contribution is -0.114. The second kappa shape index (κ2) is 10.2. The number of anilines is 3. The largest absolute Gasteiger partial charge is 0.495 e. The van der Waals surface area contributed by atoms with Crippen molar-refractivity contribution in [2.45, 2.75) is 24.7 Å². The van der Waals surface area contributed by atoms with Gasteiger partial charge in [0.15, 0.2) is 0 Å². The summed E-state index contributed by atoms with van der Waals surface area (Å²) >= 11 is 0. The Morgan fingerprint density at radius 1 is 1.00 bits per heavy atom. The average molecular weight is 480 g/mol. The number of nitrogens with one attached hydrogen (secondary N) is 1. The molecule has 0 bridgehead atoms. The summed E-state index contributed by atoms with van der Waals surface area (Å²) in [5.41, 5.74) is 2.89. The molecule has 8 heteroatoms. The van der Waals surface area contributed by atoms with Crippen LogP contribution in [0.15, 0.2) is 77.7 Å². The Hall–Kier alpha value is -3.52. The first-order valence-corrected chi connectivity index (χ1v) is 12.7. The molecule has 0 spiro atoms. The van der Waals surface area contributed by atoms with Crippen LogP contribution in [-0.2, 0) is 14.8 Å². The van der Waals surface area contributed by atoms with Gasteiger partial charge >= 0.3 is 0 Å². The maximum absolute atomic E-state index is 13.6. The molecule has 3 aromatic carbocycles. The Bertz CT molecular complexity index is 1240. The highest BCUT2D eigenvalue weighted by Crippen LogP contribution is 2.33. The molecule has 0 saturated carbocycles. The predicted molar refractivity (Wildman–Crippen MR) is 135 cm³/mol. The zero-order chi connectivity index (χ0) is 24.1. The number of rotatable bonds is 8. The van der Waals surface area contributed by atoms with Crippen molar-refractivity contribution in [2.24, 2.45) is 0 Å². The van der Waals surface area contributed by atoms with E-state index >= 15 is 0 Å². The molecule has 1 saturated heterocycles. The van der Waals surface area contributed by atoms with Crippen LogP contribution < -0.4 is 19.3 Å². The average Bonchev–Trinajstić information content (AvgIpc) is 3.38. The fourth-order valence-corrected chi connectivity index (χ4v) is 5.52. The van der Waals surface area contributed by atoms with Crippen LogP contribution in [0.4, 0.5) is 17.1 Å². The molecule has 1 fully saturated rings. The molecule has 1 aliphatic heterocycles. The first-order valence-electron chi connectivity index (χ1n) is 11.3. The summed E-state index contributed by atoms with van der Waals surface area (Å²) in [7, 11) is -2.55. The number of aryl methyl sites for hydroxylation is 1. The molecule has 1 N–H and O–H groups in total. The maximum Gasteiger partial charge on any atom is 0.264 e. The summed E-state index contributed by atoms with van der Waals surface area (Å²) < 4.78 is 33.7. The van der Waals surface area contributed by atoms with Gasteiger partial charge in [-0.3, -0.25) is 9.10 Å². The van der Waals surface area contributed by atoms with E-state index in [2.05, 4.69) is 10.2 Å². The minimum atomic E-state index is -4.02. The summed E-state index contributed by atoms with van der Waals surface area (Å²) in [4.78, 5) is 15.4. The van der Waals surface area contributed by atoms with E-state index in [1.54, 1.807) is 30.3 Å². The van der Waals surface area contributed by atoms with Crippen LogP contribution in [0.25, 0.3) is 0 Å². The number of hydrogen-bond donors (Lipinski definition) is 1. The van der Waals surface area contributed by atoms with Crippen LogP contribution in [0, 0.1) is 6.92 Å². The fraction of sp³-hybridized carbons (Fsp3) is 0.269. The van der Waals surface area contributed by atoms with Crippen molar-refractivity contribution < 1.29 is 17.9 Å². The molecule has 1 amide bonds. The van der Waals surface area contributed by atoms with Gasteiger partial charge in [0, 0.05) is 24.5 Å². The smallest absolute Gasteiger partial charge is 0.264 e. The number of ether oxygens (including phenoxy) is 1. The monoisotopic (exact) mass is 479 g/mol. The summed E-state index contributed by atoms with van der Waals surface area (Å²) in [5.74, 6) is -0.0788. The molecule has 4 rings (SSSR count). The number of amides is 1. The molecule has 34 heavy (non-hydrogen) atoms. The lowest BCUT2D eigenvalue weighted by Crippen LogP contribution is -2.38. The molecular weight excluding hydrogens is 450 g/mol. The van der Waals surface area contributed by atoms with E-state index in [1.807, 2.05) is 37.3 Å². The number of carbonyl (C=O) groups is 1. The Morgan fingerprint density at radius 3 is 2.32 bits per heavy atom. The van der Waals surface area contributed by atoms with Gasteiger partial charge in [-0.05, 0) is 73.9 Å². The van der Waals surface area contributed by atoms with Crippen molar-refractivity contribution in [3.05, 3.63) is 78.4 Å². The number of methoxy groups -OCH3 is 1. The van der Waals surface area contributed by atoms with E-state index < -0.39 is 22.5 Å². The Labute approximate surface area is 201 Å². The summed E-state index contributed by atoms with van der Waals surface area (Å²) in [6, 6.07) is 21.0. The topological polar surface area (TPSA) is 79.0 Å². The van der Waals surface area contributed by atoms with Gasteiger partial charge in [0.2, 0.25) is 5.91 Å². The lowest BCUT2D eigenvalue weighted by atomic mass is 10.2. The third-order valence-electron chi connectivity index (χ3n) is 5.84. The zero-order valence-electron chi connectivity index (χ0n) is 19.4. The normalized spacial score (nSPS) is 13.5. The van der Waals surface area contributed by atoms with Gasteiger partial charge < -0.3 is 15.0 Å². The van der Waals surface area contributed by atoms with E-state index in [4.69, 9.17) is 4.74 Å². The SMILES string of the molecule is COc1ccc(C)cc1N(CC(=O)Nc1ccc(N2CCCC2)cc1)S(=O)(=O)c1ccccc1. The summed E-state index contributed by atoms with van der Waals surface area (Å²) in [6.07, 6.45) is 2.37. The number of benzene rings is 3. The molecule has 0 atom stereocenters. The molecule has 0 aromatic heterocycles. The maximum atomic E-state index is 13.6. The molecule has 0 radical (unpaired) electrons. The van der Waals surface area contributed by atoms with Gasteiger partial charge in [0.05, 0.1) is 17.7 Å². The first-order chi connectivity index (χ1) is 16.4. The van der Waals surface area contributed by atoms with Crippen molar-refractivity contribution in [3.63, 3.8) is 0 Å². The van der Waals surface area contributed by atoms with E-state index in [1.165, 1.54) is 32.1 Å². The molecule has 3 aromatic rings. The molecular formula is C26H29N3O4S. The quantitative estimate of drug-likeness (QED) is 0.517. The van der Waals surface area contributed by atoms with Crippen molar-refractivity contribution in [1.29, 1.82) is 0 Å². The van der Waals surface area contributed by atoms with E-state index in [0.717, 1.165) is 28.6 Å².